The van der Waals surface area contributed by atoms with Crippen molar-refractivity contribution in [2.45, 2.75) is 19.3 Å². The first kappa shape index (κ1) is 23.4. The highest BCUT2D eigenvalue weighted by Gasteiger charge is 2.26. The number of rotatable bonds is 10. The summed E-state index contributed by atoms with van der Waals surface area (Å²) in [5.41, 5.74) is -0.843. The Hall–Kier alpha value is -3.25. The molecule has 0 spiro atoms. The van der Waals surface area contributed by atoms with Gasteiger partial charge in [-0.25, -0.2) is 27.2 Å². The van der Waals surface area contributed by atoms with E-state index in [-0.39, 0.29) is 22.5 Å². The van der Waals surface area contributed by atoms with Crippen molar-refractivity contribution in [3.8, 4) is 0 Å². The van der Waals surface area contributed by atoms with E-state index in [4.69, 9.17) is 5.41 Å². The van der Waals surface area contributed by atoms with Gasteiger partial charge in [0.25, 0.3) is 0 Å². The largest absolute Gasteiger partial charge is 0.344 e. The molecule has 0 aliphatic carbocycles. The number of nitrogens with one attached hydrogen (secondary N) is 4. The van der Waals surface area contributed by atoms with E-state index in [1.165, 1.54) is 18.6 Å². The van der Waals surface area contributed by atoms with E-state index in [0.29, 0.717) is 18.7 Å². The fourth-order valence-corrected chi connectivity index (χ4v) is 4.32. The van der Waals surface area contributed by atoms with Crippen LogP contribution in [0, 0.1) is 17.0 Å². The van der Waals surface area contributed by atoms with Gasteiger partial charge in [-0.05, 0) is 25.6 Å². The molecule has 0 bridgehead atoms. The van der Waals surface area contributed by atoms with Crippen LogP contribution >= 0.6 is 0 Å². The number of ketones is 1. The van der Waals surface area contributed by atoms with Crippen LogP contribution in [0.4, 0.5) is 14.5 Å². The zero-order chi connectivity index (χ0) is 23.5. The van der Waals surface area contributed by atoms with Crippen molar-refractivity contribution in [1.29, 1.82) is 5.41 Å². The lowest BCUT2D eigenvalue weighted by Crippen LogP contribution is -2.19. The molecule has 3 rings (SSSR count). The Morgan fingerprint density at radius 1 is 1.34 bits per heavy atom. The number of fused-ring (bicyclic) bond motifs is 1. The van der Waals surface area contributed by atoms with E-state index < -0.39 is 44.6 Å². The predicted molar refractivity (Wildman–Crippen MR) is 117 cm³/mol. The zero-order valence-electron chi connectivity index (χ0n) is 17.4. The van der Waals surface area contributed by atoms with Gasteiger partial charge >= 0.3 is 0 Å². The lowest BCUT2D eigenvalue weighted by Gasteiger charge is -2.12. The fourth-order valence-electron chi connectivity index (χ4n) is 3.19. The van der Waals surface area contributed by atoms with Crippen molar-refractivity contribution in [3.63, 3.8) is 0 Å². The third kappa shape index (κ3) is 4.65. The summed E-state index contributed by atoms with van der Waals surface area (Å²) in [7, 11) is -2.14. The Kier molecular flexibility index (Phi) is 6.94. The number of aromatic nitrogens is 3. The summed E-state index contributed by atoms with van der Waals surface area (Å²) in [4.78, 5) is 24.4. The molecule has 0 aliphatic heterocycles. The minimum Gasteiger partial charge on any atom is -0.344 e. The zero-order valence-corrected chi connectivity index (χ0v) is 18.2. The number of H-pyrrole nitrogens is 1. The average molecular weight is 464 g/mol. The molecular weight excluding hydrogens is 442 g/mol. The monoisotopic (exact) mass is 464 g/mol. The first-order valence-electron chi connectivity index (χ1n) is 9.74. The number of aromatic amines is 1. The quantitative estimate of drug-likeness (QED) is 0.268. The van der Waals surface area contributed by atoms with Crippen LogP contribution in [0.25, 0.3) is 11.2 Å². The molecule has 9 nitrogen and oxygen atoms in total. The molecule has 1 atom stereocenters. The number of halogens is 2. The molecule has 12 heteroatoms. The van der Waals surface area contributed by atoms with Gasteiger partial charge in [0.1, 0.15) is 11.3 Å². The van der Waals surface area contributed by atoms with E-state index >= 15 is 4.39 Å². The summed E-state index contributed by atoms with van der Waals surface area (Å²) in [6.45, 7) is 2.04. The second kappa shape index (κ2) is 9.49. The highest BCUT2D eigenvalue weighted by molar-refractivity contribution is 7.92. The Balaban J connectivity index is 2.07. The molecule has 170 valence electrons. The molecule has 0 saturated carbocycles. The Morgan fingerprint density at radius 3 is 2.75 bits per heavy atom. The number of likely N-dealkylation sites (N-methyl/N-ethyl adjacent to an activating group) is 1. The molecule has 4 N–H and O–H groups in total. The molecule has 1 unspecified atom stereocenters. The van der Waals surface area contributed by atoms with Crippen molar-refractivity contribution in [2.75, 3.05) is 24.1 Å². The molecule has 2 aromatic heterocycles. The Labute approximate surface area is 183 Å². The minimum atomic E-state index is -3.85. The molecule has 0 radical (unpaired) electrons. The smallest absolute Gasteiger partial charge is 0.232 e. The Bertz CT molecular complexity index is 1280. The number of carbonyl (C=O) groups is 1. The normalized spacial score (nSPS) is 12.6. The van der Waals surface area contributed by atoms with Crippen molar-refractivity contribution in [3.05, 3.63) is 53.0 Å². The number of nitrogens with zero attached hydrogens (tertiary/aromatic N) is 2. The molecule has 2 heterocycles. The van der Waals surface area contributed by atoms with E-state index in [1.807, 2.05) is 4.72 Å². The van der Waals surface area contributed by atoms with Crippen molar-refractivity contribution < 1.29 is 22.0 Å². The first-order valence-corrected chi connectivity index (χ1v) is 11.4. The molecular formula is C20H22F2N6O3S. The molecule has 0 saturated heterocycles. The summed E-state index contributed by atoms with van der Waals surface area (Å²) < 4.78 is 55.6. The Morgan fingerprint density at radius 2 is 2.09 bits per heavy atom. The van der Waals surface area contributed by atoms with Crippen LogP contribution in [0.3, 0.4) is 0 Å². The van der Waals surface area contributed by atoms with Crippen LogP contribution in [-0.2, 0) is 10.0 Å². The first-order chi connectivity index (χ1) is 15.2. The highest BCUT2D eigenvalue weighted by Crippen LogP contribution is 2.27. The van der Waals surface area contributed by atoms with Crippen LogP contribution in [0.5, 0.6) is 0 Å². The van der Waals surface area contributed by atoms with Gasteiger partial charge in [-0.1, -0.05) is 6.92 Å². The van der Waals surface area contributed by atoms with E-state index in [0.717, 1.165) is 12.1 Å². The highest BCUT2D eigenvalue weighted by atomic mass is 32.2. The maximum absolute atomic E-state index is 15.0. The van der Waals surface area contributed by atoms with E-state index in [2.05, 4.69) is 20.3 Å². The molecule has 3 aromatic rings. The van der Waals surface area contributed by atoms with Gasteiger partial charge in [0.05, 0.1) is 34.5 Å². The number of anilines is 1. The van der Waals surface area contributed by atoms with Gasteiger partial charge in [0.15, 0.2) is 11.5 Å². The molecule has 0 amide bonds. The van der Waals surface area contributed by atoms with E-state index in [9.17, 15) is 17.6 Å². The van der Waals surface area contributed by atoms with Crippen molar-refractivity contribution in [1.82, 2.24) is 20.3 Å². The van der Waals surface area contributed by atoms with Crippen LogP contribution in [0.15, 0.2) is 24.5 Å². The number of carbonyl (C=O) groups excluding carboxylic acids is 1. The van der Waals surface area contributed by atoms with Crippen LogP contribution < -0.4 is 10.0 Å². The fraction of sp³-hybridized carbons (Fsp3) is 0.300. The SMILES string of the molecule is CCCS(=O)(=O)Nc1ccc(F)c(C(=O)c2c[nH]c3ncc(C(C=N)CNC)nc23)c1F. The molecule has 0 fully saturated rings. The molecule has 0 aliphatic rings. The third-order valence-electron chi connectivity index (χ3n) is 4.71. The number of hydrogen-bond acceptors (Lipinski definition) is 7. The maximum Gasteiger partial charge on any atom is 0.232 e. The van der Waals surface area contributed by atoms with Gasteiger partial charge in [-0.2, -0.15) is 0 Å². The van der Waals surface area contributed by atoms with Crippen LogP contribution in [-0.4, -0.2) is 54.7 Å². The third-order valence-corrected chi connectivity index (χ3v) is 6.18. The van der Waals surface area contributed by atoms with Gasteiger partial charge < -0.3 is 15.7 Å². The van der Waals surface area contributed by atoms with Crippen LogP contribution in [0.1, 0.15) is 40.9 Å². The summed E-state index contributed by atoms with van der Waals surface area (Å²) in [5.74, 6) is -4.15. The number of sulfonamides is 1. The predicted octanol–water partition coefficient (Wildman–Crippen LogP) is 2.57. The van der Waals surface area contributed by atoms with E-state index in [1.54, 1.807) is 14.0 Å². The van der Waals surface area contributed by atoms with Crippen molar-refractivity contribution in [2.24, 2.45) is 0 Å². The van der Waals surface area contributed by atoms with Gasteiger partial charge in [0.2, 0.25) is 15.8 Å². The summed E-state index contributed by atoms with van der Waals surface area (Å²) >= 11 is 0. The molecule has 1 aromatic carbocycles. The number of hydrogen-bond donors (Lipinski definition) is 4. The lowest BCUT2D eigenvalue weighted by molar-refractivity contribution is 0.103. The maximum atomic E-state index is 15.0. The van der Waals surface area contributed by atoms with Gasteiger partial charge in [-0.3, -0.25) is 9.52 Å². The van der Waals surface area contributed by atoms with Gasteiger partial charge in [0, 0.05) is 24.9 Å². The average Bonchev–Trinajstić information content (AvgIpc) is 3.17. The summed E-state index contributed by atoms with van der Waals surface area (Å²) in [5, 5.41) is 10.5. The van der Waals surface area contributed by atoms with Gasteiger partial charge in [-0.15, -0.1) is 0 Å². The van der Waals surface area contributed by atoms with Crippen molar-refractivity contribution >= 4 is 38.9 Å². The lowest BCUT2D eigenvalue weighted by atomic mass is 10.0. The minimum absolute atomic E-state index is 0.0891. The summed E-state index contributed by atoms with van der Waals surface area (Å²) in [6.07, 6.45) is 4.15. The second-order valence-electron chi connectivity index (χ2n) is 7.06. The summed E-state index contributed by atoms with van der Waals surface area (Å²) in [6, 6.07) is 1.75. The topological polar surface area (TPSA) is 141 Å². The van der Waals surface area contributed by atoms with Crippen LogP contribution in [0.2, 0.25) is 0 Å². The molecule has 32 heavy (non-hydrogen) atoms. The standard InChI is InChI=1S/C20H22F2N6O3S/c1-3-6-32(30,31)28-14-5-4-13(21)16(17(14)22)19(29)12-9-25-20-18(12)27-15(10-26-20)11(7-23)8-24-2/h4-5,7,9-11,23-24,28H,3,6,8H2,1-2H3,(H,25,26). The number of benzene rings is 1. The second-order valence-corrected chi connectivity index (χ2v) is 8.90.